The SMILES string of the molecule is O=C(CNC(=O)NCc1ccco1)Nc1ccc2c(c1)Cc1ccccc1-2. The molecule has 1 heterocycles. The molecule has 0 radical (unpaired) electrons. The average Bonchev–Trinajstić information content (AvgIpc) is 3.31. The fourth-order valence-electron chi connectivity index (χ4n) is 3.23. The van der Waals surface area contributed by atoms with Crippen molar-refractivity contribution in [2.45, 2.75) is 13.0 Å². The third-order valence-electron chi connectivity index (χ3n) is 4.49. The summed E-state index contributed by atoms with van der Waals surface area (Å²) in [5, 5.41) is 7.98. The number of hydrogen-bond acceptors (Lipinski definition) is 3. The number of fused-ring (bicyclic) bond motifs is 3. The van der Waals surface area contributed by atoms with Crippen molar-refractivity contribution in [2.75, 3.05) is 11.9 Å². The summed E-state index contributed by atoms with van der Waals surface area (Å²) in [5.41, 5.74) is 5.67. The van der Waals surface area contributed by atoms with Crippen LogP contribution >= 0.6 is 0 Å². The largest absolute Gasteiger partial charge is 0.467 e. The Kier molecular flexibility index (Phi) is 4.61. The highest BCUT2D eigenvalue weighted by Gasteiger charge is 2.18. The van der Waals surface area contributed by atoms with Crippen molar-refractivity contribution < 1.29 is 14.0 Å². The summed E-state index contributed by atoms with van der Waals surface area (Å²) in [6.07, 6.45) is 2.40. The quantitative estimate of drug-likeness (QED) is 0.510. The number of furan rings is 1. The third-order valence-corrected chi connectivity index (χ3v) is 4.49. The lowest BCUT2D eigenvalue weighted by atomic mass is 10.1. The minimum absolute atomic E-state index is 0.110. The van der Waals surface area contributed by atoms with Crippen molar-refractivity contribution in [3.8, 4) is 11.1 Å². The normalized spacial score (nSPS) is 11.4. The van der Waals surface area contributed by atoms with E-state index in [9.17, 15) is 9.59 Å². The van der Waals surface area contributed by atoms with Gasteiger partial charge in [-0.2, -0.15) is 0 Å². The van der Waals surface area contributed by atoms with Gasteiger partial charge in [0, 0.05) is 5.69 Å². The van der Waals surface area contributed by atoms with E-state index in [-0.39, 0.29) is 19.0 Å². The Bertz CT molecular complexity index is 980. The maximum Gasteiger partial charge on any atom is 0.315 e. The van der Waals surface area contributed by atoms with Gasteiger partial charge in [-0.3, -0.25) is 4.79 Å². The van der Waals surface area contributed by atoms with Crippen LogP contribution in [0.2, 0.25) is 0 Å². The van der Waals surface area contributed by atoms with Gasteiger partial charge in [0.15, 0.2) is 0 Å². The number of carbonyl (C=O) groups excluding carboxylic acids is 2. The molecular weight excluding hydrogens is 342 g/mol. The van der Waals surface area contributed by atoms with Crippen LogP contribution in [0, 0.1) is 0 Å². The predicted molar refractivity (Wildman–Crippen MR) is 102 cm³/mol. The van der Waals surface area contributed by atoms with Crippen LogP contribution in [0.4, 0.5) is 10.5 Å². The molecule has 136 valence electrons. The summed E-state index contributed by atoms with van der Waals surface area (Å²) in [4.78, 5) is 23.8. The Labute approximate surface area is 156 Å². The highest BCUT2D eigenvalue weighted by atomic mass is 16.3. The van der Waals surface area contributed by atoms with Crippen LogP contribution in [0.1, 0.15) is 16.9 Å². The third kappa shape index (κ3) is 3.84. The number of urea groups is 1. The summed E-state index contributed by atoms with van der Waals surface area (Å²) in [6, 6.07) is 17.3. The van der Waals surface area contributed by atoms with Crippen molar-refractivity contribution in [3.63, 3.8) is 0 Å². The summed E-state index contributed by atoms with van der Waals surface area (Å²) >= 11 is 0. The van der Waals surface area contributed by atoms with Crippen molar-refractivity contribution in [2.24, 2.45) is 0 Å². The van der Waals surface area contributed by atoms with Crippen molar-refractivity contribution in [1.82, 2.24) is 10.6 Å². The molecule has 3 amide bonds. The molecule has 0 unspecified atom stereocenters. The van der Waals surface area contributed by atoms with Gasteiger partial charge < -0.3 is 20.4 Å². The molecule has 3 N–H and O–H groups in total. The first kappa shape index (κ1) is 16.9. The van der Waals surface area contributed by atoms with E-state index in [1.165, 1.54) is 28.5 Å². The van der Waals surface area contributed by atoms with E-state index in [1.807, 2.05) is 30.3 Å². The zero-order chi connectivity index (χ0) is 18.6. The van der Waals surface area contributed by atoms with Crippen LogP contribution in [-0.4, -0.2) is 18.5 Å². The zero-order valence-electron chi connectivity index (χ0n) is 14.6. The molecule has 0 saturated heterocycles. The number of benzene rings is 2. The van der Waals surface area contributed by atoms with E-state index in [0.717, 1.165) is 12.1 Å². The highest BCUT2D eigenvalue weighted by molar-refractivity contribution is 5.95. The van der Waals surface area contributed by atoms with Crippen LogP contribution in [0.25, 0.3) is 11.1 Å². The smallest absolute Gasteiger partial charge is 0.315 e. The number of carbonyl (C=O) groups is 2. The van der Waals surface area contributed by atoms with E-state index in [2.05, 4.69) is 28.1 Å². The molecule has 0 atom stereocenters. The van der Waals surface area contributed by atoms with Gasteiger partial charge in [-0.1, -0.05) is 30.3 Å². The van der Waals surface area contributed by atoms with Crippen LogP contribution in [0.3, 0.4) is 0 Å². The number of hydrogen-bond donors (Lipinski definition) is 3. The molecule has 27 heavy (non-hydrogen) atoms. The Morgan fingerprint density at radius 2 is 1.78 bits per heavy atom. The molecule has 0 fully saturated rings. The van der Waals surface area contributed by atoms with Gasteiger partial charge in [-0.25, -0.2) is 4.79 Å². The molecule has 1 aliphatic carbocycles. The van der Waals surface area contributed by atoms with E-state index in [0.29, 0.717) is 5.76 Å². The molecule has 0 aliphatic heterocycles. The monoisotopic (exact) mass is 361 g/mol. The first-order valence-corrected chi connectivity index (χ1v) is 8.74. The summed E-state index contributed by atoms with van der Waals surface area (Å²) in [6.45, 7) is 0.160. The zero-order valence-corrected chi connectivity index (χ0v) is 14.6. The molecule has 4 rings (SSSR count). The predicted octanol–water partition coefficient (Wildman–Crippen LogP) is 3.29. The second-order valence-corrected chi connectivity index (χ2v) is 6.37. The fourth-order valence-corrected chi connectivity index (χ4v) is 3.23. The lowest BCUT2D eigenvalue weighted by Gasteiger charge is -2.09. The molecule has 6 heteroatoms. The van der Waals surface area contributed by atoms with Crippen LogP contribution < -0.4 is 16.0 Å². The Morgan fingerprint density at radius 3 is 2.63 bits per heavy atom. The molecule has 6 nitrogen and oxygen atoms in total. The van der Waals surface area contributed by atoms with E-state index >= 15 is 0 Å². The van der Waals surface area contributed by atoms with Crippen molar-refractivity contribution >= 4 is 17.6 Å². The second kappa shape index (κ2) is 7.37. The Balaban J connectivity index is 1.29. The van der Waals surface area contributed by atoms with Crippen molar-refractivity contribution in [1.29, 1.82) is 0 Å². The molecule has 0 bridgehead atoms. The topological polar surface area (TPSA) is 83.4 Å². The second-order valence-electron chi connectivity index (χ2n) is 6.37. The fraction of sp³-hybridized carbons (Fsp3) is 0.143. The highest BCUT2D eigenvalue weighted by Crippen LogP contribution is 2.37. The van der Waals surface area contributed by atoms with Crippen LogP contribution in [0.15, 0.2) is 65.3 Å². The van der Waals surface area contributed by atoms with E-state index in [4.69, 9.17) is 4.42 Å². The summed E-state index contributed by atoms with van der Waals surface area (Å²) in [5.74, 6) is 0.368. The standard InChI is InChI=1S/C21H19N3O3/c25-20(13-23-21(26)22-12-17-5-3-9-27-17)24-16-7-8-19-15(11-16)10-14-4-1-2-6-18(14)19/h1-9,11H,10,12-13H2,(H,24,25)(H2,22,23,26). The number of rotatable bonds is 5. The molecule has 3 aromatic rings. The maximum atomic E-state index is 12.1. The van der Waals surface area contributed by atoms with Crippen LogP contribution in [0.5, 0.6) is 0 Å². The Hall–Kier alpha value is -3.54. The van der Waals surface area contributed by atoms with E-state index in [1.54, 1.807) is 12.1 Å². The minimum atomic E-state index is -0.425. The van der Waals surface area contributed by atoms with Crippen LogP contribution in [-0.2, 0) is 17.8 Å². The molecule has 2 aromatic carbocycles. The maximum absolute atomic E-state index is 12.1. The lowest BCUT2D eigenvalue weighted by molar-refractivity contribution is -0.115. The molecule has 0 saturated carbocycles. The van der Waals surface area contributed by atoms with E-state index < -0.39 is 6.03 Å². The summed E-state index contributed by atoms with van der Waals surface area (Å²) in [7, 11) is 0. The number of anilines is 1. The van der Waals surface area contributed by atoms with Gasteiger partial charge in [-0.15, -0.1) is 0 Å². The molecule has 1 aromatic heterocycles. The average molecular weight is 361 g/mol. The first-order chi connectivity index (χ1) is 13.2. The molecular formula is C21H19N3O3. The number of nitrogens with one attached hydrogen (secondary N) is 3. The minimum Gasteiger partial charge on any atom is -0.467 e. The van der Waals surface area contributed by atoms with Gasteiger partial charge in [0.1, 0.15) is 5.76 Å². The first-order valence-electron chi connectivity index (χ1n) is 8.74. The van der Waals surface area contributed by atoms with Gasteiger partial charge >= 0.3 is 6.03 Å². The van der Waals surface area contributed by atoms with Crippen molar-refractivity contribution in [3.05, 3.63) is 77.7 Å². The van der Waals surface area contributed by atoms with Gasteiger partial charge in [0.2, 0.25) is 5.91 Å². The molecule has 1 aliphatic rings. The lowest BCUT2D eigenvalue weighted by Crippen LogP contribution is -2.39. The van der Waals surface area contributed by atoms with Gasteiger partial charge in [-0.05, 0) is 52.9 Å². The Morgan fingerprint density at radius 1 is 0.926 bits per heavy atom. The molecule has 0 spiro atoms. The van der Waals surface area contributed by atoms with Gasteiger partial charge in [0.05, 0.1) is 19.4 Å². The summed E-state index contributed by atoms with van der Waals surface area (Å²) < 4.78 is 5.13. The number of amides is 3. The van der Waals surface area contributed by atoms with Gasteiger partial charge in [0.25, 0.3) is 0 Å².